The van der Waals surface area contributed by atoms with Crippen LogP contribution < -0.4 is 0 Å². The van der Waals surface area contributed by atoms with Gasteiger partial charge in [-0.05, 0) is 29.2 Å². The minimum absolute atomic E-state index is 0.00232. The average molecular weight is 420 g/mol. The highest BCUT2D eigenvalue weighted by Crippen LogP contribution is 2.23. The van der Waals surface area contributed by atoms with Gasteiger partial charge in [-0.2, -0.15) is 0 Å². The Hall–Kier alpha value is -2.99. The molecule has 6 nitrogen and oxygen atoms in total. The molecule has 0 spiro atoms. The molecule has 2 aromatic rings. The quantitative estimate of drug-likeness (QED) is 0.675. The van der Waals surface area contributed by atoms with Crippen LogP contribution in [0.25, 0.3) is 0 Å². The molecule has 0 saturated carbocycles. The number of rotatable bonds is 6. The number of carbonyl (C=O) groups is 3. The van der Waals surface area contributed by atoms with Crippen LogP contribution in [-0.2, 0) is 11.3 Å². The van der Waals surface area contributed by atoms with Gasteiger partial charge in [0.2, 0.25) is 5.91 Å². The third-order valence-electron chi connectivity index (χ3n) is 6.21. The predicted molar refractivity (Wildman–Crippen MR) is 119 cm³/mol. The summed E-state index contributed by atoms with van der Waals surface area (Å²) in [5.74, 6) is -0.0789. The molecule has 2 aliphatic rings. The fourth-order valence-corrected chi connectivity index (χ4v) is 4.23. The number of imide groups is 1. The summed E-state index contributed by atoms with van der Waals surface area (Å²) in [4.78, 5) is 43.0. The van der Waals surface area contributed by atoms with Gasteiger partial charge in [0.05, 0.1) is 11.1 Å². The number of nitrogens with zero attached hydrogens (tertiary/aromatic N) is 3. The molecule has 0 radical (unpaired) electrons. The molecule has 1 fully saturated rings. The van der Waals surface area contributed by atoms with Gasteiger partial charge in [-0.15, -0.1) is 0 Å². The molecule has 0 unspecified atom stereocenters. The molecule has 3 amide bonds. The monoisotopic (exact) mass is 419 g/mol. The second kappa shape index (κ2) is 9.02. The normalized spacial score (nSPS) is 16.9. The second-order valence-corrected chi connectivity index (χ2v) is 8.61. The van der Waals surface area contributed by atoms with E-state index in [1.807, 2.05) is 4.90 Å². The lowest BCUT2D eigenvalue weighted by Crippen LogP contribution is -2.49. The minimum atomic E-state index is -0.304. The van der Waals surface area contributed by atoms with Crippen LogP contribution >= 0.6 is 0 Å². The van der Waals surface area contributed by atoms with Gasteiger partial charge in [-0.1, -0.05) is 50.2 Å². The number of hydrogen-bond acceptors (Lipinski definition) is 4. The van der Waals surface area contributed by atoms with E-state index in [2.05, 4.69) is 43.0 Å². The first-order chi connectivity index (χ1) is 14.9. The SMILES string of the molecule is CC(C)c1ccc(CN2CCN(C(=O)CCN3C(=O)c4ccccc4C3=O)CC2)cc1. The molecule has 2 aromatic carbocycles. The Kier molecular flexibility index (Phi) is 6.18. The first kappa shape index (κ1) is 21.2. The lowest BCUT2D eigenvalue weighted by Gasteiger charge is -2.35. The number of carbonyl (C=O) groups excluding carboxylic acids is 3. The van der Waals surface area contributed by atoms with E-state index >= 15 is 0 Å². The van der Waals surface area contributed by atoms with Crippen LogP contribution in [0.1, 0.15) is 58.0 Å². The summed E-state index contributed by atoms with van der Waals surface area (Å²) in [7, 11) is 0. The molecule has 162 valence electrons. The topological polar surface area (TPSA) is 60.9 Å². The summed E-state index contributed by atoms with van der Waals surface area (Å²) in [6.07, 6.45) is 0.169. The highest BCUT2D eigenvalue weighted by Gasteiger charge is 2.35. The molecule has 0 bridgehead atoms. The van der Waals surface area contributed by atoms with E-state index in [1.165, 1.54) is 16.0 Å². The summed E-state index contributed by atoms with van der Waals surface area (Å²) in [6.45, 7) is 8.40. The summed E-state index contributed by atoms with van der Waals surface area (Å²) < 4.78 is 0. The van der Waals surface area contributed by atoms with Crippen molar-refractivity contribution in [3.05, 3.63) is 70.8 Å². The smallest absolute Gasteiger partial charge is 0.261 e. The van der Waals surface area contributed by atoms with Gasteiger partial charge in [0.25, 0.3) is 11.8 Å². The van der Waals surface area contributed by atoms with Crippen LogP contribution in [0, 0.1) is 0 Å². The zero-order valence-corrected chi connectivity index (χ0v) is 18.2. The third kappa shape index (κ3) is 4.54. The van der Waals surface area contributed by atoms with Crippen molar-refractivity contribution in [3.63, 3.8) is 0 Å². The molecular formula is C25H29N3O3. The Morgan fingerprint density at radius 2 is 1.45 bits per heavy atom. The van der Waals surface area contributed by atoms with Crippen molar-refractivity contribution >= 4 is 17.7 Å². The molecule has 0 aliphatic carbocycles. The molecular weight excluding hydrogens is 390 g/mol. The first-order valence-electron chi connectivity index (χ1n) is 11.0. The van der Waals surface area contributed by atoms with E-state index in [4.69, 9.17) is 0 Å². The van der Waals surface area contributed by atoms with Gasteiger partial charge in [-0.25, -0.2) is 0 Å². The lowest BCUT2D eigenvalue weighted by atomic mass is 10.0. The maximum absolute atomic E-state index is 12.7. The maximum atomic E-state index is 12.7. The van der Waals surface area contributed by atoms with Crippen molar-refractivity contribution in [2.75, 3.05) is 32.7 Å². The van der Waals surface area contributed by atoms with Gasteiger partial charge < -0.3 is 4.90 Å². The average Bonchev–Trinajstić information content (AvgIpc) is 3.03. The van der Waals surface area contributed by atoms with Crippen LogP contribution in [0.15, 0.2) is 48.5 Å². The molecule has 0 aromatic heterocycles. The molecule has 0 N–H and O–H groups in total. The number of fused-ring (bicyclic) bond motifs is 1. The minimum Gasteiger partial charge on any atom is -0.340 e. The summed E-state index contributed by atoms with van der Waals surface area (Å²) in [5.41, 5.74) is 3.48. The molecule has 6 heteroatoms. The van der Waals surface area contributed by atoms with Gasteiger partial charge in [0, 0.05) is 45.7 Å². The van der Waals surface area contributed by atoms with E-state index in [-0.39, 0.29) is 30.7 Å². The van der Waals surface area contributed by atoms with Crippen molar-refractivity contribution in [1.82, 2.24) is 14.7 Å². The van der Waals surface area contributed by atoms with Crippen molar-refractivity contribution in [2.45, 2.75) is 32.7 Å². The molecule has 2 heterocycles. The van der Waals surface area contributed by atoms with Crippen molar-refractivity contribution in [2.24, 2.45) is 0 Å². The highest BCUT2D eigenvalue weighted by atomic mass is 16.2. The van der Waals surface area contributed by atoms with Gasteiger partial charge >= 0.3 is 0 Å². The third-order valence-corrected chi connectivity index (χ3v) is 6.21. The summed E-state index contributed by atoms with van der Waals surface area (Å²) in [5, 5.41) is 0. The first-order valence-corrected chi connectivity index (χ1v) is 11.0. The van der Waals surface area contributed by atoms with E-state index < -0.39 is 0 Å². The van der Waals surface area contributed by atoms with Crippen LogP contribution in [-0.4, -0.2) is 65.1 Å². The number of hydrogen-bond donors (Lipinski definition) is 0. The van der Waals surface area contributed by atoms with Crippen molar-refractivity contribution in [1.29, 1.82) is 0 Å². The van der Waals surface area contributed by atoms with Crippen LogP contribution in [0.4, 0.5) is 0 Å². The second-order valence-electron chi connectivity index (χ2n) is 8.61. The summed E-state index contributed by atoms with van der Waals surface area (Å²) in [6, 6.07) is 15.6. The van der Waals surface area contributed by atoms with Gasteiger partial charge in [-0.3, -0.25) is 24.2 Å². The molecule has 2 aliphatic heterocycles. The predicted octanol–water partition coefficient (Wildman–Crippen LogP) is 3.14. The van der Waals surface area contributed by atoms with E-state index in [0.29, 0.717) is 30.1 Å². The Morgan fingerprint density at radius 3 is 2.00 bits per heavy atom. The Balaban J connectivity index is 1.24. The van der Waals surface area contributed by atoms with E-state index in [9.17, 15) is 14.4 Å². The van der Waals surface area contributed by atoms with Crippen LogP contribution in [0.5, 0.6) is 0 Å². The summed E-state index contributed by atoms with van der Waals surface area (Å²) >= 11 is 0. The van der Waals surface area contributed by atoms with Crippen LogP contribution in [0.2, 0.25) is 0 Å². The molecule has 4 rings (SSSR count). The zero-order chi connectivity index (χ0) is 22.0. The Labute approximate surface area is 183 Å². The van der Waals surface area contributed by atoms with E-state index in [0.717, 1.165) is 19.6 Å². The lowest BCUT2D eigenvalue weighted by molar-refractivity contribution is -0.133. The van der Waals surface area contributed by atoms with Gasteiger partial charge in [0.15, 0.2) is 0 Å². The van der Waals surface area contributed by atoms with E-state index in [1.54, 1.807) is 24.3 Å². The molecule has 0 atom stereocenters. The van der Waals surface area contributed by atoms with Crippen molar-refractivity contribution in [3.8, 4) is 0 Å². The van der Waals surface area contributed by atoms with Crippen molar-refractivity contribution < 1.29 is 14.4 Å². The number of amides is 3. The molecule has 31 heavy (non-hydrogen) atoms. The fraction of sp³-hybridized carbons (Fsp3) is 0.400. The van der Waals surface area contributed by atoms with Gasteiger partial charge in [0.1, 0.15) is 0 Å². The standard InChI is InChI=1S/C25H29N3O3/c1-18(2)20-9-7-19(8-10-20)17-26-13-15-27(16-14-26)23(29)11-12-28-24(30)21-5-3-4-6-22(21)25(28)31/h3-10,18H,11-17H2,1-2H3. The largest absolute Gasteiger partial charge is 0.340 e. The number of piperazine rings is 1. The highest BCUT2D eigenvalue weighted by molar-refractivity contribution is 6.21. The number of benzene rings is 2. The fourth-order valence-electron chi connectivity index (χ4n) is 4.23. The Morgan fingerprint density at radius 1 is 0.871 bits per heavy atom. The van der Waals surface area contributed by atoms with Crippen LogP contribution in [0.3, 0.4) is 0 Å². The zero-order valence-electron chi connectivity index (χ0n) is 18.2. The Bertz CT molecular complexity index is 941. The molecule has 1 saturated heterocycles. The maximum Gasteiger partial charge on any atom is 0.261 e.